The molecule has 0 aliphatic carbocycles. The van der Waals surface area contributed by atoms with Crippen molar-refractivity contribution in [3.8, 4) is 16.9 Å². The Kier molecular flexibility index (Phi) is 10.4. The summed E-state index contributed by atoms with van der Waals surface area (Å²) in [6.07, 6.45) is -9.44. The number of aromatic nitrogens is 5. The second-order valence-corrected chi connectivity index (χ2v) is 14.7. The second-order valence-electron chi connectivity index (χ2n) is 12.0. The molecule has 0 saturated heterocycles. The number of carboxylic acid groups (broad SMARTS) is 1. The van der Waals surface area contributed by atoms with Gasteiger partial charge in [0.1, 0.15) is 5.01 Å². The molecule has 0 spiro atoms. The molecule has 0 amide bonds. The van der Waals surface area contributed by atoms with Crippen molar-refractivity contribution in [1.29, 1.82) is 0 Å². The van der Waals surface area contributed by atoms with E-state index in [0.717, 1.165) is 44.5 Å². The number of alkyl halides is 6. The Bertz CT molecular complexity index is 2720. The van der Waals surface area contributed by atoms with Crippen LogP contribution in [0.2, 0.25) is 0 Å². The Labute approximate surface area is 311 Å². The monoisotopic (exact) mass is 800 g/mol. The molecule has 3 heterocycles. The van der Waals surface area contributed by atoms with Crippen molar-refractivity contribution >= 4 is 48.3 Å². The highest BCUT2D eigenvalue weighted by molar-refractivity contribution is 7.89. The van der Waals surface area contributed by atoms with Crippen molar-refractivity contribution in [2.75, 3.05) is 0 Å². The average Bonchev–Trinajstić information content (AvgIpc) is 3.75. The highest BCUT2D eigenvalue weighted by Gasteiger charge is 2.35. The summed E-state index contributed by atoms with van der Waals surface area (Å²) in [6, 6.07) is 22.9. The molecule has 0 radical (unpaired) electrons. The smallest absolute Gasteiger partial charge is 0.435 e. The standard InChI is InChI=1S/C19H12F3N3O3S.C17H14F3N3O2S/c20-19(21,22)10-5-6-15-14(7-10)23-16(29-15)9-25-18(28)12-4-2-1-3-11(12)13(24-25)8-17(26)27;1-11-2-4-12(5-3-11)15-10-16(17(18,19)20)22-23(15)13-6-8-14(9-7-13)26(21,24)25/h1-7H,8-9H2,(H,26,27);2-10H,1H3,(H2,21,24,25). The molecular formula is C36H26F6N6O5S2. The zero-order valence-corrected chi connectivity index (χ0v) is 29.8. The van der Waals surface area contributed by atoms with Crippen LogP contribution in [0.15, 0.2) is 107 Å². The van der Waals surface area contributed by atoms with E-state index < -0.39 is 45.2 Å². The molecule has 0 saturated carbocycles. The molecule has 3 aromatic heterocycles. The average molecular weight is 801 g/mol. The lowest BCUT2D eigenvalue weighted by molar-refractivity contribution is -0.141. The van der Waals surface area contributed by atoms with Crippen LogP contribution in [-0.2, 0) is 40.1 Å². The third-order valence-electron chi connectivity index (χ3n) is 8.06. The number of rotatable bonds is 7. The van der Waals surface area contributed by atoms with Gasteiger partial charge in [-0.05, 0) is 61.5 Å². The molecule has 55 heavy (non-hydrogen) atoms. The molecule has 0 fully saturated rings. The molecule has 3 N–H and O–H groups in total. The highest BCUT2D eigenvalue weighted by Crippen LogP contribution is 2.34. The fraction of sp³-hybridized carbons (Fsp3) is 0.139. The number of carbonyl (C=O) groups is 1. The Morgan fingerprint density at radius 1 is 0.855 bits per heavy atom. The number of halogens is 6. The van der Waals surface area contributed by atoms with E-state index in [-0.39, 0.29) is 40.5 Å². The van der Waals surface area contributed by atoms with E-state index in [1.165, 1.54) is 30.3 Å². The van der Waals surface area contributed by atoms with Crippen LogP contribution in [0.3, 0.4) is 0 Å². The number of nitrogens with zero attached hydrogens (tertiary/aromatic N) is 5. The van der Waals surface area contributed by atoms with Gasteiger partial charge in [-0.15, -0.1) is 11.3 Å². The minimum Gasteiger partial charge on any atom is -0.481 e. The molecule has 19 heteroatoms. The van der Waals surface area contributed by atoms with Gasteiger partial charge in [0.25, 0.3) is 5.56 Å². The van der Waals surface area contributed by atoms with Crippen LogP contribution in [0.4, 0.5) is 26.3 Å². The molecule has 7 aromatic rings. The zero-order valence-electron chi connectivity index (χ0n) is 28.1. The highest BCUT2D eigenvalue weighted by atomic mass is 32.2. The number of thiazole rings is 1. The molecule has 0 atom stereocenters. The summed E-state index contributed by atoms with van der Waals surface area (Å²) in [6.45, 7) is 1.80. The number of aryl methyl sites for hydroxylation is 1. The summed E-state index contributed by atoms with van der Waals surface area (Å²) >= 11 is 1.15. The summed E-state index contributed by atoms with van der Waals surface area (Å²) in [5.41, 5.74) is 0.180. The summed E-state index contributed by atoms with van der Waals surface area (Å²) in [5.74, 6) is -1.09. The van der Waals surface area contributed by atoms with Gasteiger partial charge in [-0.25, -0.2) is 27.9 Å². The van der Waals surface area contributed by atoms with Crippen molar-refractivity contribution < 1.29 is 44.7 Å². The molecule has 0 aliphatic heterocycles. The van der Waals surface area contributed by atoms with E-state index in [1.54, 1.807) is 48.5 Å². The van der Waals surface area contributed by atoms with Gasteiger partial charge < -0.3 is 5.11 Å². The van der Waals surface area contributed by atoms with E-state index in [9.17, 15) is 44.3 Å². The van der Waals surface area contributed by atoms with E-state index >= 15 is 0 Å². The van der Waals surface area contributed by atoms with Gasteiger partial charge in [0, 0.05) is 10.9 Å². The van der Waals surface area contributed by atoms with Gasteiger partial charge in [0.15, 0.2) is 5.69 Å². The predicted molar refractivity (Wildman–Crippen MR) is 191 cm³/mol. The molecule has 0 unspecified atom stereocenters. The minimum atomic E-state index is -4.61. The first-order chi connectivity index (χ1) is 25.8. The molecule has 0 aliphatic rings. The molecule has 7 rings (SSSR count). The molecule has 284 valence electrons. The predicted octanol–water partition coefficient (Wildman–Crippen LogP) is 7.21. The lowest BCUT2D eigenvalue weighted by atomic mass is 10.1. The van der Waals surface area contributed by atoms with Crippen LogP contribution in [0, 0.1) is 6.92 Å². The Hall–Kier alpha value is -5.92. The lowest BCUT2D eigenvalue weighted by Gasteiger charge is -2.09. The number of aliphatic carboxylic acids is 1. The SMILES string of the molecule is Cc1ccc(-c2cc(C(F)(F)F)nn2-c2ccc(S(N)(=O)=O)cc2)cc1.O=C(O)Cc1nn(Cc2nc3cc(C(F)(F)F)ccc3s2)c(=O)c2ccccc12. The second kappa shape index (κ2) is 14.7. The topological polar surface area (TPSA) is 163 Å². The normalized spacial score (nSPS) is 12.1. The summed E-state index contributed by atoms with van der Waals surface area (Å²) in [4.78, 5) is 28.0. The number of carboxylic acids is 1. The maximum Gasteiger partial charge on any atom is 0.435 e. The third-order valence-corrected chi connectivity index (χ3v) is 10.0. The number of fused-ring (bicyclic) bond motifs is 2. The largest absolute Gasteiger partial charge is 0.481 e. The van der Waals surface area contributed by atoms with Gasteiger partial charge in [-0.1, -0.05) is 48.0 Å². The van der Waals surface area contributed by atoms with Gasteiger partial charge in [0.2, 0.25) is 10.0 Å². The van der Waals surface area contributed by atoms with Crippen LogP contribution in [-0.4, -0.2) is 44.0 Å². The maximum atomic E-state index is 13.1. The molecule has 11 nitrogen and oxygen atoms in total. The van der Waals surface area contributed by atoms with E-state index in [4.69, 9.17) is 10.2 Å². The van der Waals surface area contributed by atoms with Crippen LogP contribution in [0.5, 0.6) is 0 Å². The first-order valence-corrected chi connectivity index (χ1v) is 18.2. The quantitative estimate of drug-likeness (QED) is 0.160. The number of hydrogen-bond donors (Lipinski definition) is 2. The van der Waals surface area contributed by atoms with E-state index in [1.807, 2.05) is 6.92 Å². The molecule has 4 aromatic carbocycles. The van der Waals surface area contributed by atoms with Gasteiger partial charge >= 0.3 is 18.3 Å². The molecule has 0 bridgehead atoms. The summed E-state index contributed by atoms with van der Waals surface area (Å²) < 4.78 is 104. The lowest BCUT2D eigenvalue weighted by Crippen LogP contribution is -2.26. The fourth-order valence-corrected chi connectivity index (χ4v) is 6.90. The number of benzene rings is 4. The van der Waals surface area contributed by atoms with Gasteiger partial charge in [-0.3, -0.25) is 9.59 Å². The van der Waals surface area contributed by atoms with Crippen molar-refractivity contribution in [2.24, 2.45) is 5.14 Å². The van der Waals surface area contributed by atoms with Crippen molar-refractivity contribution in [3.05, 3.63) is 135 Å². The van der Waals surface area contributed by atoms with E-state index in [0.29, 0.717) is 26.0 Å². The van der Waals surface area contributed by atoms with Crippen LogP contribution in [0.1, 0.15) is 27.5 Å². The fourth-order valence-electron chi connectivity index (χ4n) is 5.46. The Morgan fingerprint density at radius 3 is 2.11 bits per heavy atom. The van der Waals surface area contributed by atoms with Gasteiger partial charge in [-0.2, -0.15) is 36.5 Å². The number of hydrogen-bond acceptors (Lipinski definition) is 8. The first-order valence-electron chi connectivity index (χ1n) is 15.8. The third kappa shape index (κ3) is 8.74. The Morgan fingerprint density at radius 2 is 1.51 bits per heavy atom. The Balaban J connectivity index is 0.000000188. The van der Waals surface area contributed by atoms with Gasteiger partial charge in [0.05, 0.1) is 56.1 Å². The van der Waals surface area contributed by atoms with Crippen molar-refractivity contribution in [1.82, 2.24) is 24.5 Å². The van der Waals surface area contributed by atoms with Crippen LogP contribution < -0.4 is 10.7 Å². The number of primary sulfonamides is 1. The number of nitrogens with two attached hydrogens (primary N) is 1. The summed E-state index contributed by atoms with van der Waals surface area (Å²) in [5, 5.41) is 23.2. The van der Waals surface area contributed by atoms with Crippen LogP contribution >= 0.6 is 11.3 Å². The summed E-state index contributed by atoms with van der Waals surface area (Å²) in [7, 11) is -3.90. The molecular weight excluding hydrogens is 775 g/mol. The van der Waals surface area contributed by atoms with Crippen LogP contribution in [0.25, 0.3) is 37.9 Å². The minimum absolute atomic E-state index is 0.0724. The first kappa shape index (κ1) is 38.8. The number of sulfonamides is 1. The van der Waals surface area contributed by atoms with E-state index in [2.05, 4.69) is 15.2 Å². The van der Waals surface area contributed by atoms with Crippen molar-refractivity contribution in [2.45, 2.75) is 37.1 Å². The zero-order chi connectivity index (χ0) is 39.9. The maximum absolute atomic E-state index is 13.1. The van der Waals surface area contributed by atoms with Crippen molar-refractivity contribution in [3.63, 3.8) is 0 Å².